The van der Waals surface area contributed by atoms with Gasteiger partial charge >= 0.3 is 6.03 Å². The van der Waals surface area contributed by atoms with E-state index in [1.165, 1.54) is 18.4 Å². The van der Waals surface area contributed by atoms with Crippen molar-refractivity contribution in [3.05, 3.63) is 46.7 Å². The van der Waals surface area contributed by atoms with E-state index in [0.717, 1.165) is 4.90 Å². The molecule has 1 aliphatic rings. The van der Waals surface area contributed by atoms with E-state index in [1.807, 2.05) is 5.38 Å². The van der Waals surface area contributed by atoms with Crippen molar-refractivity contribution in [3.8, 4) is 5.75 Å². The number of amides is 4. The van der Waals surface area contributed by atoms with Crippen molar-refractivity contribution in [2.24, 2.45) is 0 Å². The molecule has 0 bridgehead atoms. The molecule has 1 atom stereocenters. The Morgan fingerprint density at radius 1 is 1.36 bits per heavy atom. The molecule has 1 saturated heterocycles. The Balaban J connectivity index is 1.71. The summed E-state index contributed by atoms with van der Waals surface area (Å²) in [6, 6.07) is 8.03. The van der Waals surface area contributed by atoms with Gasteiger partial charge in [-0.05, 0) is 41.4 Å². The third-order valence-electron chi connectivity index (χ3n) is 4.03. The molecule has 25 heavy (non-hydrogen) atoms. The molecule has 0 unspecified atom stereocenters. The van der Waals surface area contributed by atoms with E-state index >= 15 is 0 Å². The second kappa shape index (κ2) is 6.56. The number of imide groups is 1. The summed E-state index contributed by atoms with van der Waals surface area (Å²) in [5, 5.41) is 8.96. The molecule has 1 aromatic heterocycles. The Kier molecular flexibility index (Phi) is 4.45. The molecule has 0 spiro atoms. The average Bonchev–Trinajstić information content (AvgIpc) is 3.20. The molecule has 1 fully saturated rings. The third-order valence-corrected chi connectivity index (χ3v) is 4.71. The van der Waals surface area contributed by atoms with E-state index in [0.29, 0.717) is 17.0 Å². The minimum atomic E-state index is -1.15. The smallest absolute Gasteiger partial charge is 0.325 e. The van der Waals surface area contributed by atoms with Gasteiger partial charge in [0.05, 0.1) is 7.11 Å². The van der Waals surface area contributed by atoms with Crippen molar-refractivity contribution >= 4 is 34.9 Å². The molecule has 0 aliphatic carbocycles. The summed E-state index contributed by atoms with van der Waals surface area (Å²) in [6.45, 7) is 1.27. The number of carbonyl (C=O) groups excluding carboxylic acids is 3. The summed E-state index contributed by atoms with van der Waals surface area (Å²) < 4.78 is 5.09. The summed E-state index contributed by atoms with van der Waals surface area (Å²) in [5.74, 6) is -0.319. The van der Waals surface area contributed by atoms with Crippen LogP contribution in [0.5, 0.6) is 5.75 Å². The van der Waals surface area contributed by atoms with Gasteiger partial charge < -0.3 is 15.4 Å². The molecule has 8 heteroatoms. The molecule has 7 nitrogen and oxygen atoms in total. The fourth-order valence-electron chi connectivity index (χ4n) is 2.63. The van der Waals surface area contributed by atoms with E-state index in [4.69, 9.17) is 4.74 Å². The van der Waals surface area contributed by atoms with E-state index in [9.17, 15) is 14.4 Å². The molecular formula is C17H17N3O4S. The lowest BCUT2D eigenvalue weighted by molar-refractivity contribution is -0.133. The second-order valence-corrected chi connectivity index (χ2v) is 6.52. The third kappa shape index (κ3) is 3.20. The summed E-state index contributed by atoms with van der Waals surface area (Å²) in [5.41, 5.74) is 0.0800. The van der Waals surface area contributed by atoms with Gasteiger partial charge in [0.25, 0.3) is 5.91 Å². The van der Waals surface area contributed by atoms with Gasteiger partial charge in [0.1, 0.15) is 17.8 Å². The van der Waals surface area contributed by atoms with Crippen LogP contribution in [0.25, 0.3) is 0 Å². The van der Waals surface area contributed by atoms with Gasteiger partial charge in [0.15, 0.2) is 0 Å². The first-order valence-corrected chi connectivity index (χ1v) is 8.49. The van der Waals surface area contributed by atoms with Gasteiger partial charge in [0, 0.05) is 11.8 Å². The number of nitrogens with one attached hydrogen (secondary N) is 2. The van der Waals surface area contributed by atoms with Crippen LogP contribution < -0.4 is 15.4 Å². The Morgan fingerprint density at radius 2 is 2.16 bits per heavy atom. The fourth-order valence-corrected chi connectivity index (χ4v) is 3.39. The predicted octanol–water partition coefficient (Wildman–Crippen LogP) is 2.16. The van der Waals surface area contributed by atoms with Gasteiger partial charge in [0.2, 0.25) is 5.91 Å². The van der Waals surface area contributed by atoms with Crippen LogP contribution in [0, 0.1) is 0 Å². The lowest BCUT2D eigenvalue weighted by Gasteiger charge is -2.20. The maximum Gasteiger partial charge on any atom is 0.325 e. The Hall–Kier alpha value is -2.87. The first kappa shape index (κ1) is 17.0. The highest BCUT2D eigenvalue weighted by atomic mass is 32.1. The van der Waals surface area contributed by atoms with Crippen molar-refractivity contribution in [1.29, 1.82) is 0 Å². The lowest BCUT2D eigenvalue weighted by Crippen LogP contribution is -2.41. The first-order valence-electron chi connectivity index (χ1n) is 7.55. The van der Waals surface area contributed by atoms with Crippen LogP contribution in [0.3, 0.4) is 0 Å². The number of urea groups is 1. The van der Waals surface area contributed by atoms with Crippen LogP contribution in [-0.2, 0) is 15.1 Å². The van der Waals surface area contributed by atoms with Gasteiger partial charge in [-0.15, -0.1) is 0 Å². The van der Waals surface area contributed by atoms with Crippen molar-refractivity contribution in [2.75, 3.05) is 19.0 Å². The summed E-state index contributed by atoms with van der Waals surface area (Å²) in [4.78, 5) is 38.0. The number of benzene rings is 1. The van der Waals surface area contributed by atoms with Crippen molar-refractivity contribution in [3.63, 3.8) is 0 Å². The maximum absolute atomic E-state index is 12.7. The van der Waals surface area contributed by atoms with Crippen molar-refractivity contribution < 1.29 is 19.1 Å². The Morgan fingerprint density at radius 3 is 2.84 bits per heavy atom. The van der Waals surface area contributed by atoms with Crippen molar-refractivity contribution in [2.45, 2.75) is 12.5 Å². The van der Waals surface area contributed by atoms with Crippen LogP contribution in [0.1, 0.15) is 12.5 Å². The van der Waals surface area contributed by atoms with E-state index in [1.54, 1.807) is 42.6 Å². The van der Waals surface area contributed by atoms with Crippen LogP contribution in [0.2, 0.25) is 0 Å². The monoisotopic (exact) mass is 359 g/mol. The number of thiophene rings is 1. The molecule has 3 rings (SSSR count). The zero-order valence-electron chi connectivity index (χ0n) is 13.7. The molecule has 1 aliphatic heterocycles. The molecule has 130 valence electrons. The standard InChI is InChI=1S/C17H17N3O4S/c1-17(11-6-7-25-10-11)15(22)20(16(23)19-17)9-14(21)18-12-4-3-5-13(8-12)24-2/h3-8,10H,9H2,1-2H3,(H,18,21)(H,19,23)/t17-/m1/s1. The van der Waals surface area contributed by atoms with Gasteiger partial charge in [-0.25, -0.2) is 4.79 Å². The van der Waals surface area contributed by atoms with Crippen molar-refractivity contribution in [1.82, 2.24) is 10.2 Å². The zero-order chi connectivity index (χ0) is 18.0. The summed E-state index contributed by atoms with van der Waals surface area (Å²) in [6.07, 6.45) is 0. The predicted molar refractivity (Wildman–Crippen MR) is 93.5 cm³/mol. The van der Waals surface area contributed by atoms with Crippen LogP contribution >= 0.6 is 11.3 Å². The van der Waals surface area contributed by atoms with Gasteiger partial charge in [-0.3, -0.25) is 14.5 Å². The average molecular weight is 359 g/mol. The molecule has 2 aromatic rings. The number of nitrogens with zero attached hydrogens (tertiary/aromatic N) is 1. The summed E-state index contributed by atoms with van der Waals surface area (Å²) >= 11 is 1.44. The number of anilines is 1. The van der Waals surface area contributed by atoms with E-state index in [2.05, 4.69) is 10.6 Å². The number of hydrogen-bond donors (Lipinski definition) is 2. The second-order valence-electron chi connectivity index (χ2n) is 5.74. The van der Waals surface area contributed by atoms with Gasteiger partial charge in [-0.1, -0.05) is 6.07 Å². The number of methoxy groups -OCH3 is 1. The maximum atomic E-state index is 12.7. The molecular weight excluding hydrogens is 342 g/mol. The molecule has 2 heterocycles. The minimum Gasteiger partial charge on any atom is -0.497 e. The Bertz CT molecular complexity index is 821. The number of rotatable bonds is 5. The molecule has 1 aromatic carbocycles. The van der Waals surface area contributed by atoms with E-state index < -0.39 is 23.4 Å². The highest BCUT2D eigenvalue weighted by molar-refractivity contribution is 7.08. The van der Waals surface area contributed by atoms with Gasteiger partial charge in [-0.2, -0.15) is 11.3 Å². The van der Waals surface area contributed by atoms with Crippen LogP contribution in [0.4, 0.5) is 10.5 Å². The highest BCUT2D eigenvalue weighted by Gasteiger charge is 2.49. The molecule has 2 N–H and O–H groups in total. The molecule has 0 radical (unpaired) electrons. The number of hydrogen-bond acceptors (Lipinski definition) is 5. The molecule has 0 saturated carbocycles. The number of ether oxygens (including phenoxy) is 1. The minimum absolute atomic E-state index is 0.360. The SMILES string of the molecule is COc1cccc(NC(=O)CN2C(=O)N[C@](C)(c3ccsc3)C2=O)c1. The van der Waals surface area contributed by atoms with Crippen LogP contribution in [-0.4, -0.2) is 36.4 Å². The quantitative estimate of drug-likeness (QED) is 0.801. The topological polar surface area (TPSA) is 87.7 Å². The first-order chi connectivity index (χ1) is 11.9. The molecule has 4 amide bonds. The lowest BCUT2D eigenvalue weighted by atomic mass is 9.95. The number of carbonyl (C=O) groups is 3. The normalized spacial score (nSPS) is 19.7. The Labute approximate surface area is 148 Å². The van der Waals surface area contributed by atoms with E-state index in [-0.39, 0.29) is 6.54 Å². The largest absolute Gasteiger partial charge is 0.497 e. The highest BCUT2D eigenvalue weighted by Crippen LogP contribution is 2.30. The fraction of sp³-hybridized carbons (Fsp3) is 0.235. The van der Waals surface area contributed by atoms with Crippen LogP contribution in [0.15, 0.2) is 41.1 Å². The zero-order valence-corrected chi connectivity index (χ0v) is 14.6. The summed E-state index contributed by atoms with van der Waals surface area (Å²) in [7, 11) is 1.53.